The number of nitrogens with zero attached hydrogens (tertiary/aromatic N) is 4. The number of carboxylic acids is 1. The average molecular weight is 543 g/mol. The van der Waals surface area contributed by atoms with Gasteiger partial charge in [-0.2, -0.15) is 4.98 Å². The van der Waals surface area contributed by atoms with Crippen molar-refractivity contribution >= 4 is 23.5 Å². The molecule has 1 aliphatic rings. The molecule has 1 aliphatic heterocycles. The van der Waals surface area contributed by atoms with E-state index in [1.54, 1.807) is 36.1 Å². The molecule has 1 aromatic heterocycles. The van der Waals surface area contributed by atoms with Gasteiger partial charge >= 0.3 is 12.0 Å². The molecule has 2 atom stereocenters. The Bertz CT molecular complexity index is 1320. The Labute approximate surface area is 224 Å². The van der Waals surface area contributed by atoms with Gasteiger partial charge in [0.15, 0.2) is 23.8 Å². The molecule has 2 unspecified atom stereocenters. The summed E-state index contributed by atoms with van der Waals surface area (Å²) in [5.41, 5.74) is 1.21. The van der Waals surface area contributed by atoms with Gasteiger partial charge in [-0.05, 0) is 56.7 Å². The van der Waals surface area contributed by atoms with Gasteiger partial charge in [0, 0.05) is 48.5 Å². The Morgan fingerprint density at radius 2 is 1.79 bits per heavy atom. The van der Waals surface area contributed by atoms with Crippen LogP contribution in [0.15, 0.2) is 48.5 Å². The number of piperazine rings is 1. The van der Waals surface area contributed by atoms with Crippen LogP contribution in [0.3, 0.4) is 0 Å². The molecule has 1 fully saturated rings. The second-order valence-electron chi connectivity index (χ2n) is 9.26. The fourth-order valence-corrected chi connectivity index (χ4v) is 4.45. The summed E-state index contributed by atoms with van der Waals surface area (Å²) in [7, 11) is 0. The maximum atomic E-state index is 13.2. The van der Waals surface area contributed by atoms with Crippen molar-refractivity contribution < 1.29 is 28.6 Å². The highest BCUT2D eigenvalue weighted by atomic mass is 35.5. The first-order valence-electron chi connectivity index (χ1n) is 12.1. The molecule has 2 aromatic carbocycles. The molecule has 0 radical (unpaired) electrons. The first kappa shape index (κ1) is 27.3. The minimum atomic E-state index is -1.21. The summed E-state index contributed by atoms with van der Waals surface area (Å²) in [5.74, 6) is -1.28. The van der Waals surface area contributed by atoms with E-state index in [1.165, 1.54) is 24.3 Å². The number of aromatic carboxylic acids is 1. The molecule has 1 amide bonds. The van der Waals surface area contributed by atoms with E-state index in [1.807, 2.05) is 6.92 Å². The summed E-state index contributed by atoms with van der Waals surface area (Å²) in [4.78, 5) is 36.5. The number of benzene rings is 2. The molecule has 3 aromatic rings. The molecular formula is C27H28ClFN4O5. The lowest BCUT2D eigenvalue weighted by Crippen LogP contribution is -2.58. The first-order valence-corrected chi connectivity index (χ1v) is 12.4. The zero-order chi connectivity index (χ0) is 27.4. The summed E-state index contributed by atoms with van der Waals surface area (Å²) in [6, 6.07) is 12.3. The van der Waals surface area contributed by atoms with E-state index in [0.29, 0.717) is 30.4 Å². The number of carbonyl (C=O) groups is 2. The smallest absolute Gasteiger partial charge is 0.354 e. The lowest BCUT2D eigenvalue weighted by atomic mass is 10.1. The minimum absolute atomic E-state index is 0.0566. The van der Waals surface area contributed by atoms with E-state index in [0.717, 1.165) is 5.56 Å². The number of hydrogen-bond acceptors (Lipinski definition) is 7. The first-order chi connectivity index (χ1) is 18.1. The van der Waals surface area contributed by atoms with Crippen LogP contribution >= 0.6 is 11.6 Å². The maximum absolute atomic E-state index is 13.2. The van der Waals surface area contributed by atoms with Crippen LogP contribution in [0, 0.1) is 12.7 Å². The van der Waals surface area contributed by atoms with Crippen LogP contribution in [0.25, 0.3) is 0 Å². The highest BCUT2D eigenvalue weighted by molar-refractivity contribution is 6.30. The largest absolute Gasteiger partial charge is 0.480 e. The van der Waals surface area contributed by atoms with Crippen LogP contribution in [-0.2, 0) is 11.3 Å². The Morgan fingerprint density at radius 3 is 2.50 bits per heavy atom. The van der Waals surface area contributed by atoms with Crippen molar-refractivity contribution in [3.63, 3.8) is 0 Å². The highest BCUT2D eigenvalue weighted by Crippen LogP contribution is 2.33. The minimum Gasteiger partial charge on any atom is -0.480 e. The third kappa shape index (κ3) is 6.76. The molecule has 4 rings (SSSR count). The molecule has 1 N–H and O–H groups in total. The van der Waals surface area contributed by atoms with Crippen LogP contribution in [0.5, 0.6) is 17.5 Å². The molecule has 9 nitrogen and oxygen atoms in total. The third-order valence-electron chi connectivity index (χ3n) is 6.25. The SMILES string of the molecule is Cc1cc(C(=O)O)nc(Oc2cc(Cl)ccc2OCC(=O)N2CC(C)N(Cc3ccc(F)cc3)CC2C)n1. The van der Waals surface area contributed by atoms with Crippen LogP contribution in [0.2, 0.25) is 5.02 Å². The Kier molecular flexibility index (Phi) is 8.43. The van der Waals surface area contributed by atoms with E-state index in [4.69, 9.17) is 21.1 Å². The molecule has 38 heavy (non-hydrogen) atoms. The predicted molar refractivity (Wildman–Crippen MR) is 138 cm³/mol. The van der Waals surface area contributed by atoms with Crippen LogP contribution < -0.4 is 9.47 Å². The van der Waals surface area contributed by atoms with E-state index < -0.39 is 5.97 Å². The molecule has 200 valence electrons. The highest BCUT2D eigenvalue weighted by Gasteiger charge is 2.32. The molecule has 11 heteroatoms. The molecule has 2 heterocycles. The number of carbonyl (C=O) groups excluding carboxylic acids is 1. The molecule has 0 bridgehead atoms. The maximum Gasteiger partial charge on any atom is 0.354 e. The quantitative estimate of drug-likeness (QED) is 0.441. The van der Waals surface area contributed by atoms with Gasteiger partial charge in [0.2, 0.25) is 0 Å². The monoisotopic (exact) mass is 542 g/mol. The van der Waals surface area contributed by atoms with Gasteiger partial charge in [-0.15, -0.1) is 0 Å². The second-order valence-corrected chi connectivity index (χ2v) is 9.70. The Hall–Kier alpha value is -3.76. The fraction of sp³-hybridized carbons (Fsp3) is 0.333. The van der Waals surface area contributed by atoms with E-state index in [-0.39, 0.29) is 53.6 Å². The normalized spacial score (nSPS) is 17.8. The van der Waals surface area contributed by atoms with Crippen molar-refractivity contribution in [3.8, 4) is 17.5 Å². The summed E-state index contributed by atoms with van der Waals surface area (Å²) < 4.78 is 24.8. The Balaban J connectivity index is 1.40. The number of halogens is 2. The average Bonchev–Trinajstić information content (AvgIpc) is 2.86. The summed E-state index contributed by atoms with van der Waals surface area (Å²) in [5, 5.41) is 9.61. The van der Waals surface area contributed by atoms with Crippen molar-refractivity contribution in [1.29, 1.82) is 0 Å². The number of amides is 1. The van der Waals surface area contributed by atoms with Crippen LogP contribution in [0.1, 0.15) is 35.6 Å². The van der Waals surface area contributed by atoms with Crippen LogP contribution in [0.4, 0.5) is 4.39 Å². The lowest BCUT2D eigenvalue weighted by molar-refractivity contribution is -0.139. The second kappa shape index (κ2) is 11.7. The summed E-state index contributed by atoms with van der Waals surface area (Å²) in [6.45, 7) is 7.27. The molecule has 0 aliphatic carbocycles. The van der Waals surface area contributed by atoms with Gasteiger partial charge in [0.05, 0.1) is 0 Å². The summed E-state index contributed by atoms with van der Waals surface area (Å²) in [6.07, 6.45) is 0. The lowest BCUT2D eigenvalue weighted by Gasteiger charge is -2.44. The number of aryl methyl sites for hydroxylation is 1. The van der Waals surface area contributed by atoms with Crippen molar-refractivity contribution in [2.45, 2.75) is 39.4 Å². The van der Waals surface area contributed by atoms with E-state index in [2.05, 4.69) is 21.8 Å². The van der Waals surface area contributed by atoms with Crippen molar-refractivity contribution in [3.05, 3.63) is 76.3 Å². The van der Waals surface area contributed by atoms with Gasteiger partial charge in [-0.25, -0.2) is 14.2 Å². The topological polar surface area (TPSA) is 105 Å². The van der Waals surface area contributed by atoms with Crippen molar-refractivity contribution in [2.75, 3.05) is 19.7 Å². The zero-order valence-electron chi connectivity index (χ0n) is 21.2. The molecular weight excluding hydrogens is 515 g/mol. The zero-order valence-corrected chi connectivity index (χ0v) is 22.0. The van der Waals surface area contributed by atoms with Gasteiger partial charge < -0.3 is 19.5 Å². The number of hydrogen-bond donors (Lipinski definition) is 1. The van der Waals surface area contributed by atoms with Gasteiger partial charge in [0.25, 0.3) is 5.91 Å². The fourth-order valence-electron chi connectivity index (χ4n) is 4.29. The molecule has 0 saturated carbocycles. The molecule has 1 saturated heterocycles. The third-order valence-corrected chi connectivity index (χ3v) is 6.48. The van der Waals surface area contributed by atoms with E-state index in [9.17, 15) is 19.1 Å². The van der Waals surface area contributed by atoms with Gasteiger partial charge in [-0.3, -0.25) is 9.69 Å². The van der Waals surface area contributed by atoms with Crippen molar-refractivity contribution in [2.24, 2.45) is 0 Å². The van der Waals surface area contributed by atoms with E-state index >= 15 is 0 Å². The number of aromatic nitrogens is 2. The Morgan fingerprint density at radius 1 is 1.05 bits per heavy atom. The molecule has 0 spiro atoms. The van der Waals surface area contributed by atoms with Gasteiger partial charge in [-0.1, -0.05) is 23.7 Å². The number of ether oxygens (including phenoxy) is 2. The van der Waals surface area contributed by atoms with Gasteiger partial charge in [0.1, 0.15) is 5.82 Å². The standard InChI is InChI=1S/C27H28ClFN4O5/c1-16-10-22(26(35)36)31-27(30-16)38-24-11-20(28)6-9-23(24)37-15-25(34)33-13-17(2)32(12-18(33)3)14-19-4-7-21(29)8-5-19/h4-11,17-18H,12-15H2,1-3H3,(H,35,36). The number of rotatable bonds is 8. The number of carboxylic acid groups (broad SMARTS) is 1. The summed E-state index contributed by atoms with van der Waals surface area (Å²) >= 11 is 6.13. The van der Waals surface area contributed by atoms with Crippen molar-refractivity contribution in [1.82, 2.24) is 19.8 Å². The predicted octanol–water partition coefficient (Wildman–Crippen LogP) is 4.57. The van der Waals surface area contributed by atoms with Crippen LogP contribution in [-0.4, -0.2) is 68.5 Å².